The van der Waals surface area contributed by atoms with Crippen molar-refractivity contribution in [3.05, 3.63) is 67.8 Å². The molecule has 0 aliphatic rings. The molecule has 1 heterocycles. The Morgan fingerprint density at radius 2 is 1.76 bits per heavy atom. The predicted octanol–water partition coefficient (Wildman–Crippen LogP) is 4.55. The van der Waals surface area contributed by atoms with Crippen molar-refractivity contribution in [1.82, 2.24) is 9.97 Å². The minimum atomic E-state index is -0.250. The molecule has 0 radical (unpaired) electrons. The molecule has 0 amide bonds. The second-order valence-corrected chi connectivity index (χ2v) is 6.63. The number of hydrogen-bond acceptors (Lipinski definition) is 1. The van der Waals surface area contributed by atoms with E-state index in [9.17, 15) is 9.18 Å². The van der Waals surface area contributed by atoms with Gasteiger partial charge in [-0.3, -0.25) is 0 Å². The number of rotatable bonds is 2. The summed E-state index contributed by atoms with van der Waals surface area (Å²) in [5.41, 5.74) is 4.06. The van der Waals surface area contributed by atoms with E-state index in [1.54, 1.807) is 6.07 Å². The van der Waals surface area contributed by atoms with Gasteiger partial charge in [0.05, 0.1) is 15.9 Å². The highest BCUT2D eigenvalue weighted by Crippen LogP contribution is 2.38. The number of fused-ring (bicyclic) bond motifs is 1. The van der Waals surface area contributed by atoms with Gasteiger partial charge < -0.3 is 9.97 Å². The van der Waals surface area contributed by atoms with Gasteiger partial charge in [0.1, 0.15) is 5.82 Å². The lowest BCUT2D eigenvalue weighted by atomic mass is 10.00. The molecule has 2 aromatic carbocycles. The van der Waals surface area contributed by atoms with Crippen LogP contribution in [0.4, 0.5) is 4.39 Å². The topological polar surface area (TPSA) is 48.6 Å². The summed E-state index contributed by atoms with van der Waals surface area (Å²) >= 11 is 7.18. The van der Waals surface area contributed by atoms with Crippen LogP contribution in [-0.2, 0) is 0 Å². The summed E-state index contributed by atoms with van der Waals surface area (Å²) in [6.07, 6.45) is 0. The summed E-state index contributed by atoms with van der Waals surface area (Å²) < 4.78 is 14.1. The molecule has 0 bridgehead atoms. The average molecular weight is 414 g/mol. The average Bonchev–Trinajstić information content (AvgIpc) is 2.76. The highest BCUT2D eigenvalue weighted by molar-refractivity contribution is 9.11. The number of nitrogens with one attached hydrogen (secondary N) is 2. The van der Waals surface area contributed by atoms with Crippen LogP contribution in [0.5, 0.6) is 0 Å². The second kappa shape index (κ2) is 5.42. The van der Waals surface area contributed by atoms with Gasteiger partial charge in [-0.15, -0.1) is 0 Å². The Morgan fingerprint density at radius 3 is 2.43 bits per heavy atom. The van der Waals surface area contributed by atoms with E-state index in [-0.39, 0.29) is 16.3 Å². The van der Waals surface area contributed by atoms with Gasteiger partial charge in [-0.05, 0) is 47.9 Å². The zero-order valence-electron chi connectivity index (χ0n) is 11.0. The molecular formula is C15H11Br2FN2O. The monoisotopic (exact) mass is 412 g/mol. The maximum absolute atomic E-state index is 13.2. The molecule has 108 valence electrons. The first-order chi connectivity index (χ1) is 9.95. The second-order valence-electron chi connectivity index (χ2n) is 4.86. The van der Waals surface area contributed by atoms with Gasteiger partial charge >= 0.3 is 5.69 Å². The Morgan fingerprint density at radius 1 is 1.10 bits per heavy atom. The van der Waals surface area contributed by atoms with Crippen molar-refractivity contribution < 1.29 is 4.39 Å². The van der Waals surface area contributed by atoms with E-state index < -0.39 is 0 Å². The lowest BCUT2D eigenvalue weighted by Crippen LogP contribution is -1.99. The number of halogens is 3. The van der Waals surface area contributed by atoms with Crippen LogP contribution in [0.15, 0.2) is 39.6 Å². The number of alkyl halides is 1. The van der Waals surface area contributed by atoms with Crippen molar-refractivity contribution in [2.24, 2.45) is 0 Å². The maximum atomic E-state index is 13.2. The lowest BCUT2D eigenvalue weighted by molar-refractivity contribution is 0.626. The largest absolute Gasteiger partial charge is 0.323 e. The van der Waals surface area contributed by atoms with Crippen LogP contribution in [0.2, 0.25) is 0 Å². The molecule has 0 fully saturated rings. The Balaban J connectivity index is 2.14. The van der Waals surface area contributed by atoms with Gasteiger partial charge in [-0.2, -0.15) is 0 Å². The third-order valence-corrected chi connectivity index (χ3v) is 5.08. The van der Waals surface area contributed by atoms with Gasteiger partial charge in [0.2, 0.25) is 0 Å². The summed E-state index contributed by atoms with van der Waals surface area (Å²) in [5, 5.41) is 0. The van der Waals surface area contributed by atoms with E-state index >= 15 is 0 Å². The molecule has 6 heteroatoms. The third kappa shape index (κ3) is 2.70. The number of aromatic amines is 2. The van der Waals surface area contributed by atoms with Crippen LogP contribution < -0.4 is 5.69 Å². The van der Waals surface area contributed by atoms with E-state index in [4.69, 9.17) is 0 Å². The van der Waals surface area contributed by atoms with Gasteiger partial charge in [-0.25, -0.2) is 9.18 Å². The lowest BCUT2D eigenvalue weighted by Gasteiger charge is -2.15. The predicted molar refractivity (Wildman–Crippen MR) is 88.5 cm³/mol. The summed E-state index contributed by atoms with van der Waals surface area (Å²) in [5.74, 6) is -0.250. The zero-order chi connectivity index (χ0) is 15.1. The summed E-state index contributed by atoms with van der Waals surface area (Å²) in [6.45, 7) is 1.87. The van der Waals surface area contributed by atoms with E-state index in [2.05, 4.69) is 41.8 Å². The smallest absolute Gasteiger partial charge is 0.306 e. The molecule has 3 rings (SSSR count). The maximum Gasteiger partial charge on any atom is 0.323 e. The van der Waals surface area contributed by atoms with E-state index in [0.29, 0.717) is 0 Å². The fourth-order valence-corrected chi connectivity index (χ4v) is 4.13. The van der Waals surface area contributed by atoms with Crippen molar-refractivity contribution in [1.29, 1.82) is 0 Å². The van der Waals surface area contributed by atoms with Crippen LogP contribution in [0.3, 0.4) is 0 Å². The number of H-pyrrole nitrogens is 2. The molecule has 0 spiro atoms. The van der Waals surface area contributed by atoms with Crippen LogP contribution in [-0.4, -0.2) is 9.97 Å². The van der Waals surface area contributed by atoms with Gasteiger partial charge in [0, 0.05) is 4.47 Å². The molecular weight excluding hydrogens is 403 g/mol. The quantitative estimate of drug-likeness (QED) is 0.595. The van der Waals surface area contributed by atoms with Crippen LogP contribution in [0.1, 0.15) is 21.5 Å². The summed E-state index contributed by atoms with van der Waals surface area (Å²) in [7, 11) is 0. The van der Waals surface area contributed by atoms with Crippen molar-refractivity contribution in [3.8, 4) is 0 Å². The molecule has 1 atom stereocenters. The number of hydrogen-bond donors (Lipinski definition) is 2. The molecule has 3 nitrogen and oxygen atoms in total. The summed E-state index contributed by atoms with van der Waals surface area (Å²) in [6, 6.07) is 8.48. The molecule has 0 saturated carbocycles. The Bertz CT molecular complexity index is 885. The molecule has 1 unspecified atom stereocenters. The van der Waals surface area contributed by atoms with Crippen molar-refractivity contribution in [3.63, 3.8) is 0 Å². The van der Waals surface area contributed by atoms with Crippen LogP contribution in [0.25, 0.3) is 11.0 Å². The fourth-order valence-electron chi connectivity index (χ4n) is 2.36. The van der Waals surface area contributed by atoms with Gasteiger partial charge in [-0.1, -0.05) is 37.9 Å². The third-order valence-electron chi connectivity index (χ3n) is 3.41. The van der Waals surface area contributed by atoms with Crippen molar-refractivity contribution in [2.45, 2.75) is 11.8 Å². The van der Waals surface area contributed by atoms with Crippen LogP contribution in [0, 0.1) is 12.7 Å². The highest BCUT2D eigenvalue weighted by Gasteiger charge is 2.17. The standard InChI is InChI=1S/C15H11Br2FN2O/c1-7-4-8(18)2-3-9(7)14(17)10-5-12-13(6-11(10)16)20-15(21)19-12/h2-6,14H,1H3,(H2,19,20,21). The van der Waals surface area contributed by atoms with Gasteiger partial charge in [0.15, 0.2) is 0 Å². The number of imidazole rings is 1. The molecule has 0 saturated heterocycles. The first-order valence-corrected chi connectivity index (χ1v) is 7.98. The molecule has 0 aliphatic carbocycles. The highest BCUT2D eigenvalue weighted by atomic mass is 79.9. The summed E-state index contributed by atoms with van der Waals surface area (Å²) in [4.78, 5) is 16.7. The fraction of sp³-hybridized carbons (Fsp3) is 0.133. The molecule has 21 heavy (non-hydrogen) atoms. The van der Waals surface area contributed by atoms with Crippen molar-refractivity contribution >= 4 is 42.9 Å². The number of aromatic nitrogens is 2. The van der Waals surface area contributed by atoms with Crippen LogP contribution >= 0.6 is 31.9 Å². The zero-order valence-corrected chi connectivity index (χ0v) is 14.2. The first kappa shape index (κ1) is 14.5. The SMILES string of the molecule is Cc1cc(F)ccc1C(Br)c1cc2[nH]c(=O)[nH]c2cc1Br. The van der Waals surface area contributed by atoms with E-state index in [0.717, 1.165) is 32.2 Å². The normalized spacial score (nSPS) is 12.8. The number of benzene rings is 2. The van der Waals surface area contributed by atoms with E-state index in [1.165, 1.54) is 12.1 Å². The minimum absolute atomic E-state index is 0.102. The Hall–Kier alpha value is -1.40. The van der Waals surface area contributed by atoms with E-state index in [1.807, 2.05) is 19.1 Å². The molecule has 1 aromatic heterocycles. The first-order valence-electron chi connectivity index (χ1n) is 6.27. The molecule has 0 aliphatic heterocycles. The van der Waals surface area contributed by atoms with Crippen molar-refractivity contribution in [2.75, 3.05) is 0 Å². The molecule has 3 aromatic rings. The Kier molecular flexibility index (Phi) is 3.75. The number of aryl methyl sites for hydroxylation is 1. The van der Waals surface area contributed by atoms with Gasteiger partial charge in [0.25, 0.3) is 0 Å². The minimum Gasteiger partial charge on any atom is -0.306 e. The Labute approximate surface area is 136 Å². The molecule has 2 N–H and O–H groups in total.